The molecule has 0 saturated carbocycles. The van der Waals surface area contributed by atoms with E-state index in [-0.39, 0.29) is 18.2 Å². The molecule has 3 aliphatic rings. The fourth-order valence-electron chi connectivity index (χ4n) is 4.47. The standard InChI is InChI=1S/C23H18FNO3/c24-15-11-9-14(10-12-15)20-21-17(7-4-8-19(21)26)25(16-5-2-1-3-6-16)18-13-28-23(27)22(18)20/h1-3,5-6,9-12,20H,4,7-8,13H2. The Labute approximate surface area is 161 Å². The highest BCUT2D eigenvalue weighted by atomic mass is 19.1. The van der Waals surface area contributed by atoms with Crippen molar-refractivity contribution in [3.05, 3.63) is 88.5 Å². The van der Waals surface area contributed by atoms with Crippen LogP contribution in [0.5, 0.6) is 0 Å². The lowest BCUT2D eigenvalue weighted by atomic mass is 9.75. The molecule has 0 bridgehead atoms. The van der Waals surface area contributed by atoms with Crippen LogP contribution < -0.4 is 4.90 Å². The van der Waals surface area contributed by atoms with Gasteiger partial charge >= 0.3 is 5.97 Å². The summed E-state index contributed by atoms with van der Waals surface area (Å²) < 4.78 is 18.9. The van der Waals surface area contributed by atoms with E-state index in [1.165, 1.54) is 12.1 Å². The number of ether oxygens (including phenoxy) is 1. The van der Waals surface area contributed by atoms with Crippen LogP contribution in [0.1, 0.15) is 30.7 Å². The molecular formula is C23H18FNO3. The number of hydrogen-bond acceptors (Lipinski definition) is 4. The fourth-order valence-corrected chi connectivity index (χ4v) is 4.47. The highest BCUT2D eigenvalue weighted by molar-refractivity contribution is 6.06. The summed E-state index contributed by atoms with van der Waals surface area (Å²) in [6.07, 6.45) is 1.98. The third-order valence-electron chi connectivity index (χ3n) is 5.63. The summed E-state index contributed by atoms with van der Waals surface area (Å²) in [7, 11) is 0. The van der Waals surface area contributed by atoms with Crippen LogP contribution in [0.25, 0.3) is 0 Å². The van der Waals surface area contributed by atoms with Gasteiger partial charge < -0.3 is 9.64 Å². The van der Waals surface area contributed by atoms with Crippen LogP contribution in [0.4, 0.5) is 10.1 Å². The fraction of sp³-hybridized carbons (Fsp3) is 0.217. The second-order valence-electron chi connectivity index (χ2n) is 7.23. The molecule has 0 fully saturated rings. The van der Waals surface area contributed by atoms with Gasteiger partial charge in [0.25, 0.3) is 0 Å². The predicted molar refractivity (Wildman–Crippen MR) is 102 cm³/mol. The number of carbonyl (C=O) groups is 2. The second kappa shape index (κ2) is 6.44. The number of halogens is 1. The highest BCUT2D eigenvalue weighted by Crippen LogP contribution is 2.49. The Morgan fingerprint density at radius 2 is 1.64 bits per heavy atom. The maximum absolute atomic E-state index is 13.5. The quantitative estimate of drug-likeness (QED) is 0.737. The van der Waals surface area contributed by atoms with E-state index in [9.17, 15) is 14.0 Å². The van der Waals surface area contributed by atoms with Crippen LogP contribution in [-0.4, -0.2) is 18.4 Å². The molecule has 140 valence electrons. The van der Waals surface area contributed by atoms with Gasteiger partial charge in [-0.3, -0.25) is 4.79 Å². The van der Waals surface area contributed by atoms with E-state index < -0.39 is 11.9 Å². The van der Waals surface area contributed by atoms with Crippen molar-refractivity contribution in [2.24, 2.45) is 0 Å². The van der Waals surface area contributed by atoms with Crippen molar-refractivity contribution in [2.75, 3.05) is 11.5 Å². The summed E-state index contributed by atoms with van der Waals surface area (Å²) in [5.41, 5.74) is 4.48. The van der Waals surface area contributed by atoms with E-state index in [0.29, 0.717) is 17.6 Å². The number of para-hydroxylation sites is 1. The molecule has 2 aromatic rings. The molecule has 4 nitrogen and oxygen atoms in total. The molecule has 2 heterocycles. The van der Waals surface area contributed by atoms with Crippen molar-refractivity contribution < 1.29 is 18.7 Å². The van der Waals surface area contributed by atoms with Gasteiger partial charge in [0.1, 0.15) is 12.4 Å². The van der Waals surface area contributed by atoms with Crippen LogP contribution in [0.3, 0.4) is 0 Å². The summed E-state index contributed by atoms with van der Waals surface area (Å²) >= 11 is 0. The van der Waals surface area contributed by atoms with Gasteiger partial charge in [-0.2, -0.15) is 0 Å². The molecule has 0 radical (unpaired) electrons. The Kier molecular flexibility index (Phi) is 3.90. The van der Waals surface area contributed by atoms with Gasteiger partial charge in [-0.05, 0) is 42.7 Å². The first-order valence-corrected chi connectivity index (χ1v) is 9.42. The molecule has 0 saturated heterocycles. The van der Waals surface area contributed by atoms with E-state index in [2.05, 4.69) is 0 Å². The van der Waals surface area contributed by atoms with E-state index >= 15 is 0 Å². The lowest BCUT2D eigenvalue weighted by molar-refractivity contribution is -0.136. The van der Waals surface area contributed by atoms with E-state index in [4.69, 9.17) is 4.74 Å². The van der Waals surface area contributed by atoms with E-state index in [0.717, 1.165) is 35.5 Å². The van der Waals surface area contributed by atoms with Crippen molar-refractivity contribution in [1.82, 2.24) is 0 Å². The van der Waals surface area contributed by atoms with Crippen LogP contribution in [0.15, 0.2) is 77.1 Å². The minimum atomic E-state index is -0.506. The minimum Gasteiger partial charge on any atom is -0.456 e. The highest BCUT2D eigenvalue weighted by Gasteiger charge is 2.46. The van der Waals surface area contributed by atoms with Gasteiger partial charge in [0.15, 0.2) is 5.78 Å². The third-order valence-corrected chi connectivity index (χ3v) is 5.63. The first-order valence-electron chi connectivity index (χ1n) is 9.42. The molecule has 5 rings (SSSR count). The molecule has 2 aromatic carbocycles. The first-order chi connectivity index (χ1) is 13.6. The van der Waals surface area contributed by atoms with Gasteiger partial charge in [-0.15, -0.1) is 0 Å². The number of allylic oxidation sites excluding steroid dienone is 2. The molecule has 2 aliphatic heterocycles. The minimum absolute atomic E-state index is 0.0442. The number of anilines is 1. The summed E-state index contributed by atoms with van der Waals surface area (Å²) in [6.45, 7) is 0.172. The number of esters is 1. The maximum atomic E-state index is 13.5. The SMILES string of the molecule is O=C1CCCC2=C1C(c1ccc(F)cc1)C1=C(COC1=O)N2c1ccccc1. The average Bonchev–Trinajstić information content (AvgIpc) is 3.09. The molecule has 1 aliphatic carbocycles. The lowest BCUT2D eigenvalue weighted by Crippen LogP contribution is -2.36. The van der Waals surface area contributed by atoms with Crippen LogP contribution in [0.2, 0.25) is 0 Å². The lowest BCUT2D eigenvalue weighted by Gasteiger charge is -2.39. The Balaban J connectivity index is 1.77. The third kappa shape index (κ3) is 2.50. The van der Waals surface area contributed by atoms with Crippen molar-refractivity contribution in [3.8, 4) is 0 Å². The summed E-state index contributed by atoms with van der Waals surface area (Å²) in [5.74, 6) is -1.22. The maximum Gasteiger partial charge on any atom is 0.337 e. The zero-order chi connectivity index (χ0) is 19.3. The monoisotopic (exact) mass is 375 g/mol. The second-order valence-corrected chi connectivity index (χ2v) is 7.23. The Bertz CT molecular complexity index is 1040. The van der Waals surface area contributed by atoms with Crippen molar-refractivity contribution >= 4 is 17.4 Å². The summed E-state index contributed by atoms with van der Waals surface area (Å²) in [4.78, 5) is 27.7. The number of ketones is 1. The number of hydrogen-bond donors (Lipinski definition) is 0. The van der Waals surface area contributed by atoms with Crippen molar-refractivity contribution in [3.63, 3.8) is 0 Å². The van der Waals surface area contributed by atoms with Gasteiger partial charge in [0.2, 0.25) is 0 Å². The molecule has 1 unspecified atom stereocenters. The van der Waals surface area contributed by atoms with E-state index in [1.807, 2.05) is 35.2 Å². The van der Waals surface area contributed by atoms with Gasteiger partial charge in [-0.1, -0.05) is 30.3 Å². The van der Waals surface area contributed by atoms with Gasteiger partial charge in [0, 0.05) is 29.3 Å². The molecule has 0 spiro atoms. The molecular weight excluding hydrogens is 357 g/mol. The largest absolute Gasteiger partial charge is 0.456 e. The summed E-state index contributed by atoms with van der Waals surface area (Å²) in [5, 5.41) is 0. The number of rotatable bonds is 2. The number of carbonyl (C=O) groups excluding carboxylic acids is 2. The van der Waals surface area contributed by atoms with Crippen LogP contribution in [-0.2, 0) is 14.3 Å². The molecule has 0 N–H and O–H groups in total. The van der Waals surface area contributed by atoms with Crippen molar-refractivity contribution in [2.45, 2.75) is 25.2 Å². The Morgan fingerprint density at radius 1 is 0.893 bits per heavy atom. The van der Waals surface area contributed by atoms with Crippen molar-refractivity contribution in [1.29, 1.82) is 0 Å². The topological polar surface area (TPSA) is 46.6 Å². The number of benzene rings is 2. The molecule has 1 atom stereocenters. The van der Waals surface area contributed by atoms with E-state index in [1.54, 1.807) is 12.1 Å². The Morgan fingerprint density at radius 3 is 2.39 bits per heavy atom. The van der Waals surface area contributed by atoms with Gasteiger partial charge in [-0.25, -0.2) is 9.18 Å². The number of Topliss-reactive ketones (excluding diaryl/α,β-unsaturated/α-hetero) is 1. The molecule has 5 heteroatoms. The molecule has 28 heavy (non-hydrogen) atoms. The zero-order valence-electron chi connectivity index (χ0n) is 15.2. The number of cyclic esters (lactones) is 1. The smallest absolute Gasteiger partial charge is 0.337 e. The molecule has 0 aromatic heterocycles. The predicted octanol–water partition coefficient (Wildman–Crippen LogP) is 4.25. The normalized spacial score (nSPS) is 21.6. The zero-order valence-corrected chi connectivity index (χ0v) is 15.2. The summed E-state index contributed by atoms with van der Waals surface area (Å²) in [6, 6.07) is 15.8. The first kappa shape index (κ1) is 16.9. The van der Waals surface area contributed by atoms with Crippen LogP contribution >= 0.6 is 0 Å². The van der Waals surface area contributed by atoms with Gasteiger partial charge in [0.05, 0.1) is 11.3 Å². The average molecular weight is 375 g/mol. The number of nitrogens with zero attached hydrogens (tertiary/aromatic N) is 1. The van der Waals surface area contributed by atoms with Crippen LogP contribution in [0, 0.1) is 5.82 Å². The Hall–Kier alpha value is -3.21. The molecule has 0 amide bonds.